The van der Waals surface area contributed by atoms with Gasteiger partial charge in [0.25, 0.3) is 0 Å². The molecule has 2 N–H and O–H groups in total. The Morgan fingerprint density at radius 3 is 2.32 bits per heavy atom. The first-order valence-electron chi connectivity index (χ1n) is 6.80. The Labute approximate surface area is 115 Å². The van der Waals surface area contributed by atoms with Gasteiger partial charge in [0.2, 0.25) is 0 Å². The van der Waals surface area contributed by atoms with E-state index >= 15 is 0 Å². The van der Waals surface area contributed by atoms with E-state index in [-0.39, 0.29) is 6.04 Å². The Morgan fingerprint density at radius 1 is 1.05 bits per heavy atom. The van der Waals surface area contributed by atoms with E-state index in [9.17, 15) is 0 Å². The first-order chi connectivity index (χ1) is 9.26. The van der Waals surface area contributed by atoms with Gasteiger partial charge < -0.3 is 10.6 Å². The second-order valence-electron chi connectivity index (χ2n) is 4.54. The number of rotatable bonds is 5. The fourth-order valence-electron chi connectivity index (χ4n) is 2.11. The normalized spacial score (nSPS) is 12.2. The maximum absolute atomic E-state index is 5.99. The minimum Gasteiger partial charge on any atom is -0.341 e. The summed E-state index contributed by atoms with van der Waals surface area (Å²) in [5, 5.41) is 0. The number of hydrogen-bond acceptors (Lipinski definition) is 3. The summed E-state index contributed by atoms with van der Waals surface area (Å²) in [4.78, 5) is 6.71. The van der Waals surface area contributed by atoms with Gasteiger partial charge in [-0.15, -0.1) is 0 Å². The van der Waals surface area contributed by atoms with Crippen LogP contribution in [0.4, 0.5) is 11.4 Å². The Hall–Kier alpha value is -1.87. The molecule has 100 valence electrons. The van der Waals surface area contributed by atoms with Crippen molar-refractivity contribution in [3.63, 3.8) is 0 Å². The van der Waals surface area contributed by atoms with Crippen LogP contribution >= 0.6 is 0 Å². The van der Waals surface area contributed by atoms with Crippen molar-refractivity contribution in [2.45, 2.75) is 26.3 Å². The van der Waals surface area contributed by atoms with Crippen molar-refractivity contribution in [2.24, 2.45) is 5.73 Å². The quantitative estimate of drug-likeness (QED) is 0.886. The molecule has 0 aliphatic rings. The van der Waals surface area contributed by atoms with E-state index in [1.165, 1.54) is 5.69 Å². The smallest absolute Gasteiger partial charge is 0.0597 e. The molecule has 0 bridgehead atoms. The summed E-state index contributed by atoms with van der Waals surface area (Å²) in [6, 6.07) is 14.5. The number of nitrogens with two attached hydrogens (primary N) is 1. The molecule has 2 rings (SSSR count). The predicted molar refractivity (Wildman–Crippen MR) is 80.6 cm³/mol. The van der Waals surface area contributed by atoms with Crippen LogP contribution in [0, 0.1) is 0 Å². The van der Waals surface area contributed by atoms with Crippen molar-refractivity contribution in [1.29, 1.82) is 0 Å². The number of pyridine rings is 1. The zero-order chi connectivity index (χ0) is 13.7. The number of para-hydroxylation sites is 1. The van der Waals surface area contributed by atoms with E-state index < -0.39 is 0 Å². The van der Waals surface area contributed by atoms with Crippen LogP contribution in [0.2, 0.25) is 0 Å². The van der Waals surface area contributed by atoms with Gasteiger partial charge in [-0.05, 0) is 37.6 Å². The second-order valence-corrected chi connectivity index (χ2v) is 4.54. The molecular formula is C16H21N3. The van der Waals surface area contributed by atoms with Gasteiger partial charge in [-0.25, -0.2) is 0 Å². The lowest BCUT2D eigenvalue weighted by atomic mass is 10.1. The summed E-state index contributed by atoms with van der Waals surface area (Å²) in [6.07, 6.45) is 2.81. The van der Waals surface area contributed by atoms with E-state index in [2.05, 4.69) is 41.9 Å². The van der Waals surface area contributed by atoms with Crippen molar-refractivity contribution in [2.75, 3.05) is 11.4 Å². The van der Waals surface area contributed by atoms with E-state index in [1.807, 2.05) is 30.5 Å². The van der Waals surface area contributed by atoms with Crippen molar-refractivity contribution < 1.29 is 0 Å². The van der Waals surface area contributed by atoms with Crippen LogP contribution in [-0.4, -0.2) is 11.5 Å². The van der Waals surface area contributed by atoms with Gasteiger partial charge in [0.15, 0.2) is 0 Å². The first kappa shape index (κ1) is 13.6. The molecule has 1 heterocycles. The number of anilines is 2. The molecule has 2 aromatic rings. The van der Waals surface area contributed by atoms with Gasteiger partial charge in [-0.3, -0.25) is 4.98 Å². The standard InChI is InChI=1S/C16H21N3/c1-3-15(17)16-11-10-14(12-18-16)19(4-2)13-8-6-5-7-9-13/h5-12,15H,3-4,17H2,1-2H3/t15-/m0/s1. The van der Waals surface area contributed by atoms with Crippen LogP contribution in [0.15, 0.2) is 48.7 Å². The van der Waals surface area contributed by atoms with Gasteiger partial charge in [-0.1, -0.05) is 25.1 Å². The molecule has 3 nitrogen and oxygen atoms in total. The van der Waals surface area contributed by atoms with E-state index in [0.717, 1.165) is 24.3 Å². The molecule has 0 aliphatic heterocycles. The fraction of sp³-hybridized carbons (Fsp3) is 0.312. The Kier molecular flexibility index (Phi) is 4.53. The van der Waals surface area contributed by atoms with E-state index in [0.29, 0.717) is 0 Å². The van der Waals surface area contributed by atoms with Gasteiger partial charge >= 0.3 is 0 Å². The minimum absolute atomic E-state index is 0.0286. The average Bonchev–Trinajstić information content (AvgIpc) is 2.49. The highest BCUT2D eigenvalue weighted by Gasteiger charge is 2.09. The molecule has 0 amide bonds. The zero-order valence-corrected chi connectivity index (χ0v) is 11.6. The van der Waals surface area contributed by atoms with Crippen LogP contribution in [0.5, 0.6) is 0 Å². The summed E-state index contributed by atoms with van der Waals surface area (Å²) >= 11 is 0. The van der Waals surface area contributed by atoms with Crippen LogP contribution in [0.25, 0.3) is 0 Å². The van der Waals surface area contributed by atoms with E-state index in [4.69, 9.17) is 5.73 Å². The third-order valence-corrected chi connectivity index (χ3v) is 3.29. The Morgan fingerprint density at radius 2 is 1.79 bits per heavy atom. The van der Waals surface area contributed by atoms with Crippen molar-refractivity contribution in [3.8, 4) is 0 Å². The lowest BCUT2D eigenvalue weighted by molar-refractivity contribution is 0.675. The van der Waals surface area contributed by atoms with Crippen molar-refractivity contribution in [1.82, 2.24) is 4.98 Å². The molecule has 0 radical (unpaired) electrons. The molecule has 3 heteroatoms. The average molecular weight is 255 g/mol. The molecule has 0 fully saturated rings. The molecule has 1 aromatic heterocycles. The van der Waals surface area contributed by atoms with Crippen LogP contribution in [0.3, 0.4) is 0 Å². The molecule has 0 spiro atoms. The van der Waals surface area contributed by atoms with Gasteiger partial charge in [-0.2, -0.15) is 0 Å². The third-order valence-electron chi connectivity index (χ3n) is 3.29. The van der Waals surface area contributed by atoms with Gasteiger partial charge in [0.1, 0.15) is 0 Å². The largest absolute Gasteiger partial charge is 0.341 e. The minimum atomic E-state index is 0.0286. The maximum atomic E-state index is 5.99. The molecule has 0 saturated heterocycles. The summed E-state index contributed by atoms with van der Waals surface area (Å²) in [7, 11) is 0. The van der Waals surface area contributed by atoms with E-state index in [1.54, 1.807) is 0 Å². The summed E-state index contributed by atoms with van der Waals surface area (Å²) < 4.78 is 0. The van der Waals surface area contributed by atoms with Crippen LogP contribution in [-0.2, 0) is 0 Å². The monoisotopic (exact) mass is 255 g/mol. The number of benzene rings is 1. The molecule has 0 aliphatic carbocycles. The van der Waals surface area contributed by atoms with Crippen LogP contribution in [0.1, 0.15) is 32.0 Å². The molecule has 19 heavy (non-hydrogen) atoms. The molecule has 0 unspecified atom stereocenters. The SMILES string of the molecule is CC[C@H](N)c1ccc(N(CC)c2ccccc2)cn1. The topological polar surface area (TPSA) is 42.1 Å². The highest BCUT2D eigenvalue weighted by atomic mass is 15.1. The van der Waals surface area contributed by atoms with Crippen molar-refractivity contribution in [3.05, 3.63) is 54.4 Å². The van der Waals surface area contributed by atoms with Gasteiger partial charge in [0, 0.05) is 18.3 Å². The number of aromatic nitrogens is 1. The highest BCUT2D eigenvalue weighted by molar-refractivity contribution is 5.62. The molecular weight excluding hydrogens is 234 g/mol. The molecule has 1 aromatic carbocycles. The predicted octanol–water partition coefficient (Wildman–Crippen LogP) is 3.65. The lowest BCUT2D eigenvalue weighted by Gasteiger charge is -2.23. The Balaban J connectivity index is 2.25. The van der Waals surface area contributed by atoms with Crippen LogP contribution < -0.4 is 10.6 Å². The van der Waals surface area contributed by atoms with Crippen molar-refractivity contribution >= 4 is 11.4 Å². The summed E-state index contributed by atoms with van der Waals surface area (Å²) in [5.41, 5.74) is 9.22. The Bertz CT molecular complexity index is 493. The molecule has 1 atom stereocenters. The first-order valence-corrected chi connectivity index (χ1v) is 6.80. The van der Waals surface area contributed by atoms with Gasteiger partial charge in [0.05, 0.1) is 17.6 Å². The highest BCUT2D eigenvalue weighted by Crippen LogP contribution is 2.24. The fourth-order valence-corrected chi connectivity index (χ4v) is 2.11. The lowest BCUT2D eigenvalue weighted by Crippen LogP contribution is -2.17. The summed E-state index contributed by atoms with van der Waals surface area (Å²) in [5.74, 6) is 0. The zero-order valence-electron chi connectivity index (χ0n) is 11.6. The number of hydrogen-bond donors (Lipinski definition) is 1. The maximum Gasteiger partial charge on any atom is 0.0597 e. The molecule has 0 saturated carbocycles. The summed E-state index contributed by atoms with van der Waals surface area (Å²) in [6.45, 7) is 5.12. The number of nitrogens with zero attached hydrogens (tertiary/aromatic N) is 2. The second kappa shape index (κ2) is 6.34. The third kappa shape index (κ3) is 3.12.